The molecule has 9 nitrogen and oxygen atoms in total. The molecule has 31 heavy (non-hydrogen) atoms. The van der Waals surface area contributed by atoms with Gasteiger partial charge in [-0.25, -0.2) is 4.98 Å². The number of amides is 2. The number of fused-ring (bicyclic) bond motifs is 1. The van der Waals surface area contributed by atoms with Gasteiger partial charge in [-0.1, -0.05) is 6.92 Å². The minimum Gasteiger partial charge on any atom is -0.477 e. The summed E-state index contributed by atoms with van der Waals surface area (Å²) in [5, 5.41) is 5.53. The van der Waals surface area contributed by atoms with Gasteiger partial charge in [0.05, 0.1) is 29.0 Å². The molecule has 2 aliphatic rings. The summed E-state index contributed by atoms with van der Waals surface area (Å²) in [5.74, 6) is 0.346. The molecule has 1 atom stereocenters. The predicted molar refractivity (Wildman–Crippen MR) is 117 cm³/mol. The maximum Gasteiger partial charge on any atom is 0.269 e. The Kier molecular flexibility index (Phi) is 6.03. The van der Waals surface area contributed by atoms with Crippen LogP contribution in [0.5, 0.6) is 5.75 Å². The third-order valence-electron chi connectivity index (χ3n) is 5.73. The van der Waals surface area contributed by atoms with Gasteiger partial charge in [-0.3, -0.25) is 19.5 Å². The van der Waals surface area contributed by atoms with Gasteiger partial charge in [0.25, 0.3) is 11.8 Å². The Labute approximate surface area is 181 Å². The first-order chi connectivity index (χ1) is 15.0. The Morgan fingerprint density at radius 2 is 2.06 bits per heavy atom. The van der Waals surface area contributed by atoms with Gasteiger partial charge in [0, 0.05) is 39.8 Å². The van der Waals surface area contributed by atoms with Crippen LogP contribution in [-0.2, 0) is 11.3 Å². The quantitative estimate of drug-likeness (QED) is 0.752. The second-order valence-corrected chi connectivity index (χ2v) is 7.82. The highest BCUT2D eigenvalue weighted by Crippen LogP contribution is 2.30. The molecule has 0 radical (unpaired) electrons. The van der Waals surface area contributed by atoms with Crippen molar-refractivity contribution in [2.24, 2.45) is 0 Å². The van der Waals surface area contributed by atoms with Crippen LogP contribution in [0.25, 0.3) is 0 Å². The van der Waals surface area contributed by atoms with Crippen LogP contribution in [0.1, 0.15) is 35.2 Å². The lowest BCUT2D eigenvalue weighted by Gasteiger charge is -2.36. The van der Waals surface area contributed by atoms with E-state index in [4.69, 9.17) is 4.74 Å². The van der Waals surface area contributed by atoms with Crippen LogP contribution in [0.3, 0.4) is 0 Å². The van der Waals surface area contributed by atoms with E-state index in [9.17, 15) is 9.59 Å². The second-order valence-electron chi connectivity index (χ2n) is 7.82. The van der Waals surface area contributed by atoms with Gasteiger partial charge in [-0.15, -0.1) is 0 Å². The number of carbonyl (C=O) groups excluding carboxylic acids is 2. The molecular formula is C22H28N6O3. The number of aryl methyl sites for hydroxylation is 1. The zero-order chi connectivity index (χ0) is 22.0. The minimum atomic E-state index is -0.448. The minimum absolute atomic E-state index is 0.104. The van der Waals surface area contributed by atoms with Gasteiger partial charge in [0.2, 0.25) is 0 Å². The summed E-state index contributed by atoms with van der Waals surface area (Å²) in [4.78, 5) is 37.4. The Morgan fingerprint density at radius 3 is 2.74 bits per heavy atom. The van der Waals surface area contributed by atoms with Crippen molar-refractivity contribution in [3.05, 3.63) is 41.5 Å². The number of anilines is 2. The summed E-state index contributed by atoms with van der Waals surface area (Å²) in [6, 6.07) is 5.64. The molecule has 164 valence electrons. The molecule has 0 aromatic carbocycles. The zero-order valence-corrected chi connectivity index (χ0v) is 18.1. The molecule has 1 saturated heterocycles. The normalized spacial score (nSPS) is 18.7. The fourth-order valence-corrected chi connectivity index (χ4v) is 3.97. The van der Waals surface area contributed by atoms with E-state index in [0.717, 1.165) is 43.3 Å². The number of carbonyl (C=O) groups is 2. The van der Waals surface area contributed by atoms with Crippen molar-refractivity contribution in [1.82, 2.24) is 20.2 Å². The molecule has 9 heteroatoms. The second kappa shape index (κ2) is 8.89. The van der Waals surface area contributed by atoms with Gasteiger partial charge >= 0.3 is 0 Å². The van der Waals surface area contributed by atoms with E-state index in [0.29, 0.717) is 30.1 Å². The predicted octanol–water partition coefficient (Wildman–Crippen LogP) is 1.58. The van der Waals surface area contributed by atoms with E-state index in [-0.39, 0.29) is 11.8 Å². The van der Waals surface area contributed by atoms with Crippen molar-refractivity contribution in [1.29, 1.82) is 0 Å². The van der Waals surface area contributed by atoms with Crippen molar-refractivity contribution in [2.75, 3.05) is 43.4 Å². The van der Waals surface area contributed by atoms with E-state index in [1.54, 1.807) is 19.3 Å². The number of hydrogen-bond acceptors (Lipinski definition) is 7. The highest BCUT2D eigenvalue weighted by molar-refractivity contribution is 5.97. The number of nitrogens with one attached hydrogen (secondary N) is 2. The molecule has 0 bridgehead atoms. The van der Waals surface area contributed by atoms with E-state index < -0.39 is 6.10 Å². The maximum absolute atomic E-state index is 12.1. The lowest BCUT2D eigenvalue weighted by Crippen LogP contribution is -2.46. The molecule has 2 aromatic heterocycles. The van der Waals surface area contributed by atoms with Gasteiger partial charge < -0.3 is 20.3 Å². The number of rotatable bonds is 5. The zero-order valence-electron chi connectivity index (χ0n) is 18.1. The molecule has 4 rings (SSSR count). The summed E-state index contributed by atoms with van der Waals surface area (Å²) in [6.45, 7) is 8.07. The largest absolute Gasteiger partial charge is 0.477 e. The Morgan fingerprint density at radius 1 is 1.29 bits per heavy atom. The van der Waals surface area contributed by atoms with Crippen LogP contribution in [0, 0.1) is 6.92 Å². The van der Waals surface area contributed by atoms with Crippen LogP contribution in [0.2, 0.25) is 0 Å². The summed E-state index contributed by atoms with van der Waals surface area (Å²) in [5.41, 5.74) is 3.94. The average Bonchev–Trinajstić information content (AvgIpc) is 2.78. The first kappa shape index (κ1) is 21.0. The highest BCUT2D eigenvalue weighted by Gasteiger charge is 2.27. The number of ether oxygens (including phenoxy) is 1. The van der Waals surface area contributed by atoms with Crippen molar-refractivity contribution < 1.29 is 14.3 Å². The number of piperazine rings is 1. The lowest BCUT2D eigenvalue weighted by molar-refractivity contribution is -0.123. The Hall–Kier alpha value is -3.20. The lowest BCUT2D eigenvalue weighted by atomic mass is 10.2. The molecule has 2 aromatic rings. The fraction of sp³-hybridized carbons (Fsp3) is 0.455. The molecule has 0 unspecified atom stereocenters. The molecule has 1 fully saturated rings. The molecule has 4 heterocycles. The molecule has 2 N–H and O–H groups in total. The van der Waals surface area contributed by atoms with Crippen molar-refractivity contribution in [3.63, 3.8) is 0 Å². The standard InChI is InChI=1S/C22H28N6O3/c1-4-19-22(30)26-17-11-15(24-12-20(17)31-19)13-27-7-9-28(10-8-27)18-6-5-16(21(29)23-3)25-14(18)2/h5-6,11-12,19H,4,7-10,13H2,1-3H3,(H,23,29)(H,26,30)/t19-/m1/s1. The molecule has 2 amide bonds. The highest BCUT2D eigenvalue weighted by atomic mass is 16.5. The summed E-state index contributed by atoms with van der Waals surface area (Å²) in [7, 11) is 1.60. The maximum atomic E-state index is 12.1. The van der Waals surface area contributed by atoms with E-state index >= 15 is 0 Å². The van der Waals surface area contributed by atoms with E-state index in [1.807, 2.05) is 26.0 Å². The molecule has 0 aliphatic carbocycles. The Balaban J connectivity index is 1.36. The smallest absolute Gasteiger partial charge is 0.269 e. The first-order valence-corrected chi connectivity index (χ1v) is 10.6. The van der Waals surface area contributed by atoms with Crippen LogP contribution in [0.15, 0.2) is 24.4 Å². The number of hydrogen-bond donors (Lipinski definition) is 2. The van der Waals surface area contributed by atoms with Crippen molar-refractivity contribution >= 4 is 23.2 Å². The van der Waals surface area contributed by atoms with Gasteiger partial charge in [0.1, 0.15) is 5.69 Å². The molecule has 0 spiro atoms. The summed E-state index contributed by atoms with van der Waals surface area (Å²) < 4.78 is 5.72. The van der Waals surface area contributed by atoms with E-state index in [2.05, 4.69) is 30.4 Å². The van der Waals surface area contributed by atoms with Crippen LogP contribution in [0.4, 0.5) is 11.4 Å². The SMILES string of the molecule is CC[C@H]1Oc2cnc(CN3CCN(c4ccc(C(=O)NC)nc4C)CC3)cc2NC1=O. The summed E-state index contributed by atoms with van der Waals surface area (Å²) in [6.07, 6.45) is 1.88. The van der Waals surface area contributed by atoms with Gasteiger partial charge in [0.15, 0.2) is 11.9 Å². The topological polar surface area (TPSA) is 99.7 Å². The monoisotopic (exact) mass is 424 g/mol. The number of nitrogens with zero attached hydrogens (tertiary/aromatic N) is 4. The van der Waals surface area contributed by atoms with Crippen molar-refractivity contribution in [3.8, 4) is 5.75 Å². The third-order valence-corrected chi connectivity index (χ3v) is 5.73. The average molecular weight is 425 g/mol. The summed E-state index contributed by atoms with van der Waals surface area (Å²) >= 11 is 0. The molecular weight excluding hydrogens is 396 g/mol. The first-order valence-electron chi connectivity index (χ1n) is 10.6. The van der Waals surface area contributed by atoms with Crippen LogP contribution < -0.4 is 20.3 Å². The van der Waals surface area contributed by atoms with Crippen LogP contribution >= 0.6 is 0 Å². The van der Waals surface area contributed by atoms with Gasteiger partial charge in [-0.2, -0.15) is 0 Å². The molecule has 2 aliphatic heterocycles. The Bertz CT molecular complexity index is 987. The fourth-order valence-electron chi connectivity index (χ4n) is 3.97. The number of pyridine rings is 2. The molecule has 0 saturated carbocycles. The number of aromatic nitrogens is 2. The van der Waals surface area contributed by atoms with Gasteiger partial charge in [-0.05, 0) is 31.5 Å². The van der Waals surface area contributed by atoms with Crippen molar-refractivity contribution in [2.45, 2.75) is 32.9 Å². The van der Waals surface area contributed by atoms with E-state index in [1.165, 1.54) is 0 Å². The third kappa shape index (κ3) is 4.46. The van der Waals surface area contributed by atoms with Crippen LogP contribution in [-0.4, -0.2) is 66.0 Å².